The minimum absolute atomic E-state index is 0. The molecule has 1 aliphatic carbocycles. The Kier molecular flexibility index (Phi) is 8.00. The average Bonchev–Trinajstić information content (AvgIpc) is 2.91. The Bertz CT molecular complexity index is 427. The van der Waals surface area contributed by atoms with E-state index in [0.717, 1.165) is 31.2 Å². The fraction of sp³-hybridized carbons (Fsp3) is 0.625. The zero-order valence-corrected chi connectivity index (χ0v) is 15.4. The summed E-state index contributed by atoms with van der Waals surface area (Å²) in [7, 11) is 1.83. The number of hydrogen-bond donors (Lipinski definition) is 2. The van der Waals surface area contributed by atoms with E-state index in [-0.39, 0.29) is 24.0 Å². The summed E-state index contributed by atoms with van der Waals surface area (Å²) in [6.45, 7) is 4.23. The van der Waals surface area contributed by atoms with Crippen LogP contribution >= 0.6 is 24.0 Å². The zero-order valence-electron chi connectivity index (χ0n) is 13.1. The molecule has 0 unspecified atom stereocenters. The van der Waals surface area contributed by atoms with Crippen molar-refractivity contribution < 1.29 is 0 Å². The lowest BCUT2D eigenvalue weighted by molar-refractivity contribution is 0.334. The van der Waals surface area contributed by atoms with E-state index in [1.54, 1.807) is 0 Å². The first-order valence-electron chi connectivity index (χ1n) is 7.56. The Morgan fingerprint density at radius 1 is 1.29 bits per heavy atom. The molecule has 118 valence electrons. The van der Waals surface area contributed by atoms with Crippen LogP contribution in [0.2, 0.25) is 0 Å². The number of pyridine rings is 1. The summed E-state index contributed by atoms with van der Waals surface area (Å²) < 4.78 is 0. The average molecular weight is 402 g/mol. The van der Waals surface area contributed by atoms with Gasteiger partial charge in [0.1, 0.15) is 0 Å². The van der Waals surface area contributed by atoms with Crippen LogP contribution in [0.25, 0.3) is 0 Å². The summed E-state index contributed by atoms with van der Waals surface area (Å²) in [5, 5.41) is 6.81. The number of hydrogen-bond acceptors (Lipinski definition) is 2. The number of nitrogens with one attached hydrogen (secondary N) is 2. The molecule has 0 atom stereocenters. The largest absolute Gasteiger partial charge is 0.356 e. The number of aromatic nitrogens is 1. The lowest BCUT2D eigenvalue weighted by Crippen LogP contribution is -2.42. The van der Waals surface area contributed by atoms with Crippen molar-refractivity contribution in [3.8, 4) is 0 Å². The van der Waals surface area contributed by atoms with Crippen molar-refractivity contribution in [2.45, 2.75) is 39.0 Å². The van der Waals surface area contributed by atoms with Crippen LogP contribution < -0.4 is 10.6 Å². The molecule has 0 bridgehead atoms. The molecule has 0 spiro atoms. The molecule has 1 aliphatic rings. The first-order chi connectivity index (χ1) is 9.72. The smallest absolute Gasteiger partial charge is 0.191 e. The van der Waals surface area contributed by atoms with E-state index in [1.807, 2.05) is 25.4 Å². The molecular formula is C16H27IN4. The molecule has 0 aliphatic heterocycles. The van der Waals surface area contributed by atoms with Crippen LogP contribution in [0.5, 0.6) is 0 Å². The van der Waals surface area contributed by atoms with Gasteiger partial charge in [0.2, 0.25) is 0 Å². The van der Waals surface area contributed by atoms with Gasteiger partial charge in [0, 0.05) is 38.4 Å². The van der Waals surface area contributed by atoms with Crippen LogP contribution in [0.3, 0.4) is 0 Å². The van der Waals surface area contributed by atoms with Crippen LogP contribution in [-0.4, -0.2) is 31.1 Å². The van der Waals surface area contributed by atoms with E-state index in [2.05, 4.69) is 33.6 Å². The van der Waals surface area contributed by atoms with Gasteiger partial charge >= 0.3 is 0 Å². The third-order valence-corrected chi connectivity index (χ3v) is 4.12. The van der Waals surface area contributed by atoms with Crippen molar-refractivity contribution in [1.29, 1.82) is 0 Å². The summed E-state index contributed by atoms with van der Waals surface area (Å²) in [5.74, 6) is 0.897. The van der Waals surface area contributed by atoms with E-state index in [1.165, 1.54) is 25.7 Å². The van der Waals surface area contributed by atoms with Crippen molar-refractivity contribution in [2.24, 2.45) is 10.4 Å². The molecule has 1 aromatic rings. The van der Waals surface area contributed by atoms with E-state index < -0.39 is 0 Å². The summed E-state index contributed by atoms with van der Waals surface area (Å²) in [5.41, 5.74) is 1.55. The Morgan fingerprint density at radius 3 is 2.67 bits per heavy atom. The van der Waals surface area contributed by atoms with E-state index >= 15 is 0 Å². The number of guanidine groups is 1. The van der Waals surface area contributed by atoms with Gasteiger partial charge in [-0.05, 0) is 30.4 Å². The van der Waals surface area contributed by atoms with Crippen molar-refractivity contribution in [3.63, 3.8) is 0 Å². The van der Waals surface area contributed by atoms with Crippen LogP contribution in [0.1, 0.15) is 38.3 Å². The predicted octanol–water partition coefficient (Wildman–Crippen LogP) is 2.99. The Hall–Kier alpha value is -0.850. The first-order valence-corrected chi connectivity index (χ1v) is 7.56. The molecule has 2 N–H and O–H groups in total. The minimum Gasteiger partial charge on any atom is -0.356 e. The Balaban J connectivity index is 0.00000220. The fourth-order valence-corrected chi connectivity index (χ4v) is 2.78. The lowest BCUT2D eigenvalue weighted by atomic mass is 9.89. The van der Waals surface area contributed by atoms with E-state index in [9.17, 15) is 0 Å². The highest BCUT2D eigenvalue weighted by Crippen LogP contribution is 2.36. The summed E-state index contributed by atoms with van der Waals surface area (Å²) in [4.78, 5) is 8.61. The van der Waals surface area contributed by atoms with E-state index in [4.69, 9.17) is 0 Å². The molecule has 1 saturated carbocycles. The molecule has 4 nitrogen and oxygen atoms in total. The highest BCUT2D eigenvalue weighted by atomic mass is 127. The Labute approximate surface area is 145 Å². The summed E-state index contributed by atoms with van der Waals surface area (Å²) in [6, 6.07) is 6.02. The van der Waals surface area contributed by atoms with E-state index in [0.29, 0.717) is 5.41 Å². The molecule has 1 fully saturated rings. The summed E-state index contributed by atoms with van der Waals surface area (Å²) >= 11 is 0. The molecule has 0 saturated heterocycles. The number of nitrogens with zero attached hydrogens (tertiary/aromatic N) is 2. The highest BCUT2D eigenvalue weighted by molar-refractivity contribution is 14.0. The first kappa shape index (κ1) is 18.2. The molecular weight excluding hydrogens is 375 g/mol. The van der Waals surface area contributed by atoms with Gasteiger partial charge in [0.15, 0.2) is 5.96 Å². The quantitative estimate of drug-likeness (QED) is 0.452. The normalized spacial score (nSPS) is 17.1. The third-order valence-electron chi connectivity index (χ3n) is 4.12. The van der Waals surface area contributed by atoms with Crippen LogP contribution in [-0.2, 0) is 6.42 Å². The highest BCUT2D eigenvalue weighted by Gasteiger charge is 2.28. The minimum atomic E-state index is 0. The topological polar surface area (TPSA) is 49.3 Å². The van der Waals surface area contributed by atoms with Crippen molar-refractivity contribution in [3.05, 3.63) is 30.1 Å². The van der Waals surface area contributed by atoms with Crippen molar-refractivity contribution in [2.75, 3.05) is 20.1 Å². The second-order valence-electron chi connectivity index (χ2n) is 5.94. The fourth-order valence-electron chi connectivity index (χ4n) is 2.78. The standard InChI is InChI=1S/C16H26N4.HI/c1-16(9-4-5-10-16)13-20-15(17-2)19-12-8-14-7-3-6-11-18-14;/h3,6-7,11H,4-5,8-10,12-13H2,1-2H3,(H2,17,19,20);1H. The van der Waals surface area contributed by atoms with Gasteiger partial charge in [-0.2, -0.15) is 0 Å². The van der Waals surface area contributed by atoms with Gasteiger partial charge in [-0.1, -0.05) is 25.8 Å². The third kappa shape index (κ3) is 6.20. The van der Waals surface area contributed by atoms with Gasteiger partial charge in [-0.25, -0.2) is 0 Å². The maximum atomic E-state index is 4.32. The molecule has 0 radical (unpaired) electrons. The Morgan fingerprint density at radius 2 is 2.05 bits per heavy atom. The maximum Gasteiger partial charge on any atom is 0.191 e. The molecule has 21 heavy (non-hydrogen) atoms. The van der Waals surface area contributed by atoms with Crippen LogP contribution in [0.4, 0.5) is 0 Å². The molecule has 1 aromatic heterocycles. The SMILES string of the molecule is CN=C(NCCc1ccccn1)NCC1(C)CCCC1.I. The zero-order chi connectivity index (χ0) is 14.3. The molecule has 0 amide bonds. The molecule has 5 heteroatoms. The monoisotopic (exact) mass is 402 g/mol. The second-order valence-corrected chi connectivity index (χ2v) is 5.94. The van der Waals surface area contributed by atoms with Crippen LogP contribution in [0.15, 0.2) is 29.4 Å². The molecule has 2 rings (SSSR count). The maximum absolute atomic E-state index is 4.32. The van der Waals surface area contributed by atoms with Gasteiger partial charge in [0.25, 0.3) is 0 Å². The number of rotatable bonds is 5. The van der Waals surface area contributed by atoms with Crippen LogP contribution in [0, 0.1) is 5.41 Å². The lowest BCUT2D eigenvalue weighted by Gasteiger charge is -2.25. The van der Waals surface area contributed by atoms with Gasteiger partial charge in [0.05, 0.1) is 0 Å². The predicted molar refractivity (Wildman–Crippen MR) is 99.3 cm³/mol. The summed E-state index contributed by atoms with van der Waals surface area (Å²) in [6.07, 6.45) is 8.13. The van der Waals surface area contributed by atoms with Gasteiger partial charge in [-0.15, -0.1) is 24.0 Å². The van der Waals surface area contributed by atoms with Crippen molar-refractivity contribution >= 4 is 29.9 Å². The van der Waals surface area contributed by atoms with Gasteiger partial charge in [-0.3, -0.25) is 9.98 Å². The molecule has 0 aromatic carbocycles. The van der Waals surface area contributed by atoms with Gasteiger partial charge < -0.3 is 10.6 Å². The second kappa shape index (κ2) is 9.23. The van der Waals surface area contributed by atoms with Crippen molar-refractivity contribution in [1.82, 2.24) is 15.6 Å². The number of aliphatic imine (C=N–C) groups is 1. The number of halogens is 1. The molecule has 1 heterocycles.